The van der Waals surface area contributed by atoms with Gasteiger partial charge in [0.25, 0.3) is 0 Å². The van der Waals surface area contributed by atoms with Gasteiger partial charge in [0.2, 0.25) is 5.91 Å². The second-order valence-electron chi connectivity index (χ2n) is 5.16. The maximum Gasteiger partial charge on any atom is 0.417 e. The van der Waals surface area contributed by atoms with E-state index in [-0.39, 0.29) is 18.4 Å². The zero-order chi connectivity index (χ0) is 12.5. The molecule has 1 aliphatic rings. The number of aliphatic hydroxyl groups is 1. The van der Waals surface area contributed by atoms with E-state index in [9.17, 15) is 9.59 Å². The van der Waals surface area contributed by atoms with Crippen LogP contribution in [0.25, 0.3) is 0 Å². The molecule has 5 heteroatoms. The molecule has 92 valence electrons. The van der Waals surface area contributed by atoms with Crippen LogP contribution in [0.5, 0.6) is 0 Å². The van der Waals surface area contributed by atoms with Gasteiger partial charge < -0.3 is 9.84 Å². The predicted octanol–water partition coefficient (Wildman–Crippen LogP) is 1.15. The molecule has 0 spiro atoms. The first kappa shape index (κ1) is 13.0. The average molecular weight is 229 g/mol. The van der Waals surface area contributed by atoms with E-state index in [4.69, 9.17) is 9.84 Å². The van der Waals surface area contributed by atoms with E-state index < -0.39 is 17.7 Å². The molecule has 1 fully saturated rings. The molecule has 2 atom stereocenters. The lowest BCUT2D eigenvalue weighted by Crippen LogP contribution is -2.44. The Hall–Kier alpha value is -1.10. The molecule has 2 amide bonds. The molecule has 0 saturated carbocycles. The zero-order valence-electron chi connectivity index (χ0n) is 10.2. The Bertz CT molecular complexity index is 295. The molecule has 5 nitrogen and oxygen atoms in total. The molecule has 2 unspecified atom stereocenters. The molecule has 1 saturated heterocycles. The van der Waals surface area contributed by atoms with Crippen molar-refractivity contribution in [2.45, 2.75) is 45.8 Å². The summed E-state index contributed by atoms with van der Waals surface area (Å²) in [6, 6.07) is -0.447. The van der Waals surface area contributed by atoms with Gasteiger partial charge in [0, 0.05) is 5.92 Å². The van der Waals surface area contributed by atoms with Crippen molar-refractivity contribution in [3.05, 3.63) is 0 Å². The lowest BCUT2D eigenvalue weighted by atomic mass is 10.1. The summed E-state index contributed by atoms with van der Waals surface area (Å²) in [7, 11) is 0. The van der Waals surface area contributed by atoms with E-state index in [2.05, 4.69) is 0 Å². The molecule has 1 N–H and O–H groups in total. The van der Waals surface area contributed by atoms with Crippen LogP contribution < -0.4 is 0 Å². The number of amides is 2. The van der Waals surface area contributed by atoms with Crippen molar-refractivity contribution in [3.8, 4) is 0 Å². The van der Waals surface area contributed by atoms with Crippen LogP contribution in [0.1, 0.15) is 34.1 Å². The van der Waals surface area contributed by atoms with Gasteiger partial charge in [0.05, 0.1) is 12.6 Å². The molecule has 0 bridgehead atoms. The van der Waals surface area contributed by atoms with Gasteiger partial charge in [-0.1, -0.05) is 6.92 Å². The summed E-state index contributed by atoms with van der Waals surface area (Å²) in [5.41, 5.74) is -0.636. The highest BCUT2D eigenvalue weighted by Gasteiger charge is 2.42. The minimum Gasteiger partial charge on any atom is -0.443 e. The van der Waals surface area contributed by atoms with E-state index in [1.165, 1.54) is 0 Å². The summed E-state index contributed by atoms with van der Waals surface area (Å²) in [5.74, 6) is -0.502. The SMILES string of the molecule is CC1CC(CO)N(C(=O)OC(C)(C)C)C1=O. The van der Waals surface area contributed by atoms with E-state index in [0.29, 0.717) is 6.42 Å². The normalized spacial score (nSPS) is 26.1. The Labute approximate surface area is 95.4 Å². The summed E-state index contributed by atoms with van der Waals surface area (Å²) >= 11 is 0. The van der Waals surface area contributed by atoms with Gasteiger partial charge in [0.15, 0.2) is 0 Å². The third-order valence-electron chi connectivity index (χ3n) is 2.45. The number of imide groups is 1. The maximum absolute atomic E-state index is 11.8. The number of rotatable bonds is 1. The Morgan fingerprint density at radius 3 is 2.56 bits per heavy atom. The van der Waals surface area contributed by atoms with Crippen molar-refractivity contribution < 1.29 is 19.4 Å². The number of nitrogens with zero attached hydrogens (tertiary/aromatic N) is 1. The lowest BCUT2D eigenvalue weighted by molar-refractivity contribution is -0.131. The second-order valence-corrected chi connectivity index (χ2v) is 5.16. The zero-order valence-corrected chi connectivity index (χ0v) is 10.2. The predicted molar refractivity (Wildman–Crippen MR) is 57.7 cm³/mol. The van der Waals surface area contributed by atoms with Crippen LogP contribution in [0.2, 0.25) is 0 Å². The number of ether oxygens (including phenoxy) is 1. The summed E-state index contributed by atoms with van der Waals surface area (Å²) in [6.45, 7) is 6.75. The Morgan fingerprint density at radius 2 is 2.12 bits per heavy atom. The van der Waals surface area contributed by atoms with E-state index >= 15 is 0 Å². The quantitative estimate of drug-likeness (QED) is 0.732. The van der Waals surface area contributed by atoms with Crippen LogP contribution in [0.4, 0.5) is 4.79 Å². The van der Waals surface area contributed by atoms with Crippen molar-refractivity contribution in [1.82, 2.24) is 4.90 Å². The van der Waals surface area contributed by atoms with Gasteiger partial charge in [-0.2, -0.15) is 0 Å². The molecule has 1 heterocycles. The number of carbonyl (C=O) groups is 2. The molecule has 1 rings (SSSR count). The van der Waals surface area contributed by atoms with E-state index in [0.717, 1.165) is 4.90 Å². The minimum atomic E-state index is -0.666. The van der Waals surface area contributed by atoms with Crippen molar-refractivity contribution >= 4 is 12.0 Å². The van der Waals surface area contributed by atoms with E-state index in [1.54, 1.807) is 27.7 Å². The van der Waals surface area contributed by atoms with Crippen molar-refractivity contribution in [3.63, 3.8) is 0 Å². The van der Waals surface area contributed by atoms with Gasteiger partial charge in [-0.3, -0.25) is 4.79 Å². The molecule has 0 aromatic rings. The number of likely N-dealkylation sites (tertiary alicyclic amines) is 1. The van der Waals surface area contributed by atoms with Gasteiger partial charge >= 0.3 is 6.09 Å². The molecule has 0 radical (unpaired) electrons. The highest BCUT2D eigenvalue weighted by molar-refractivity contribution is 5.95. The summed E-state index contributed by atoms with van der Waals surface area (Å²) in [4.78, 5) is 24.5. The minimum absolute atomic E-state index is 0.213. The first-order valence-corrected chi connectivity index (χ1v) is 5.43. The molecule has 0 aliphatic carbocycles. The van der Waals surface area contributed by atoms with Crippen molar-refractivity contribution in [2.75, 3.05) is 6.61 Å². The Kier molecular flexibility index (Phi) is 3.57. The number of hydrogen-bond donors (Lipinski definition) is 1. The third kappa shape index (κ3) is 2.72. The van der Waals surface area contributed by atoms with Gasteiger partial charge in [-0.15, -0.1) is 0 Å². The Balaban J connectivity index is 2.77. The van der Waals surface area contributed by atoms with Crippen LogP contribution in [-0.2, 0) is 9.53 Å². The molecule has 16 heavy (non-hydrogen) atoms. The van der Waals surface area contributed by atoms with Gasteiger partial charge in [-0.25, -0.2) is 9.69 Å². The monoisotopic (exact) mass is 229 g/mol. The summed E-state index contributed by atoms with van der Waals surface area (Å²) in [5, 5.41) is 9.12. The van der Waals surface area contributed by atoms with Crippen LogP contribution in [0.15, 0.2) is 0 Å². The van der Waals surface area contributed by atoms with Crippen LogP contribution in [0, 0.1) is 5.92 Å². The van der Waals surface area contributed by atoms with Crippen LogP contribution >= 0.6 is 0 Å². The highest BCUT2D eigenvalue weighted by Crippen LogP contribution is 2.26. The first-order valence-electron chi connectivity index (χ1n) is 5.43. The number of carbonyl (C=O) groups excluding carboxylic acids is 2. The van der Waals surface area contributed by atoms with Crippen molar-refractivity contribution in [1.29, 1.82) is 0 Å². The van der Waals surface area contributed by atoms with Gasteiger partial charge in [-0.05, 0) is 27.2 Å². The average Bonchev–Trinajstić information content (AvgIpc) is 2.40. The molecule has 0 aromatic carbocycles. The second kappa shape index (κ2) is 4.41. The Morgan fingerprint density at radius 1 is 1.56 bits per heavy atom. The smallest absolute Gasteiger partial charge is 0.417 e. The van der Waals surface area contributed by atoms with Gasteiger partial charge in [0.1, 0.15) is 5.60 Å². The summed E-state index contributed by atoms with van der Waals surface area (Å²) in [6.07, 6.45) is -0.171. The molecular formula is C11H19NO4. The fourth-order valence-corrected chi connectivity index (χ4v) is 1.74. The molecule has 0 aromatic heterocycles. The maximum atomic E-state index is 11.8. The first-order chi connectivity index (χ1) is 7.26. The largest absolute Gasteiger partial charge is 0.443 e. The summed E-state index contributed by atoms with van der Waals surface area (Å²) < 4.78 is 5.13. The lowest BCUT2D eigenvalue weighted by Gasteiger charge is -2.26. The standard InChI is InChI=1S/C11H19NO4/c1-7-5-8(6-13)12(9(7)14)10(15)16-11(2,3)4/h7-8,13H,5-6H2,1-4H3. The molecule has 1 aliphatic heterocycles. The topological polar surface area (TPSA) is 66.8 Å². The number of hydrogen-bond acceptors (Lipinski definition) is 4. The fourth-order valence-electron chi connectivity index (χ4n) is 1.74. The highest BCUT2D eigenvalue weighted by atomic mass is 16.6. The third-order valence-corrected chi connectivity index (χ3v) is 2.45. The van der Waals surface area contributed by atoms with Crippen LogP contribution in [0.3, 0.4) is 0 Å². The van der Waals surface area contributed by atoms with E-state index in [1.807, 2.05) is 0 Å². The number of aliphatic hydroxyl groups excluding tert-OH is 1. The van der Waals surface area contributed by atoms with Crippen molar-refractivity contribution in [2.24, 2.45) is 5.92 Å². The fraction of sp³-hybridized carbons (Fsp3) is 0.818. The molecular weight excluding hydrogens is 210 g/mol. The van der Waals surface area contributed by atoms with Crippen LogP contribution in [-0.4, -0.2) is 40.3 Å².